The number of anilines is 1. The van der Waals surface area contributed by atoms with Crippen LogP contribution in [-0.2, 0) is 9.59 Å². The third-order valence-electron chi connectivity index (χ3n) is 3.08. The minimum Gasteiger partial charge on any atom is -0.373 e. The van der Waals surface area contributed by atoms with Gasteiger partial charge in [0.2, 0.25) is 5.91 Å². The van der Waals surface area contributed by atoms with Crippen LogP contribution in [0.15, 0.2) is 24.3 Å². The number of nitrogens with one attached hydrogen (secondary N) is 1. The maximum absolute atomic E-state index is 12.0. The molecule has 1 heterocycles. The Balaban J connectivity index is 2.05. The Hall–Kier alpha value is -1.84. The molecule has 1 saturated heterocycles. The number of carbonyl (C=O) groups excluding carboxylic acids is 2. The molecule has 1 unspecified atom stereocenters. The van der Waals surface area contributed by atoms with Crippen molar-refractivity contribution in [3.05, 3.63) is 29.8 Å². The molecule has 4 heteroatoms. The SMILES string of the molecule is CCCN1C(=O)CC(Nc2ccc(C)cc2)C1=O. The smallest absolute Gasteiger partial charge is 0.252 e. The topological polar surface area (TPSA) is 49.4 Å². The molecule has 0 radical (unpaired) electrons. The molecule has 18 heavy (non-hydrogen) atoms. The third kappa shape index (κ3) is 2.53. The lowest BCUT2D eigenvalue weighted by Crippen LogP contribution is -2.35. The van der Waals surface area contributed by atoms with Gasteiger partial charge in [-0.1, -0.05) is 24.6 Å². The minimum absolute atomic E-state index is 0.0774. The monoisotopic (exact) mass is 246 g/mol. The second kappa shape index (κ2) is 5.21. The van der Waals surface area contributed by atoms with Crippen LogP contribution in [0.1, 0.15) is 25.3 Å². The fraction of sp³-hybridized carbons (Fsp3) is 0.429. The van der Waals surface area contributed by atoms with E-state index in [0.717, 1.165) is 12.1 Å². The van der Waals surface area contributed by atoms with Crippen molar-refractivity contribution in [1.82, 2.24) is 4.90 Å². The van der Waals surface area contributed by atoms with Crippen LogP contribution in [0.25, 0.3) is 0 Å². The van der Waals surface area contributed by atoms with Crippen LogP contribution in [0.3, 0.4) is 0 Å². The van der Waals surface area contributed by atoms with Crippen LogP contribution in [0.2, 0.25) is 0 Å². The summed E-state index contributed by atoms with van der Waals surface area (Å²) in [6.07, 6.45) is 1.06. The summed E-state index contributed by atoms with van der Waals surface area (Å²) in [7, 11) is 0. The van der Waals surface area contributed by atoms with E-state index in [1.807, 2.05) is 38.1 Å². The van der Waals surface area contributed by atoms with Gasteiger partial charge in [0.1, 0.15) is 6.04 Å². The Morgan fingerprint density at radius 3 is 2.56 bits per heavy atom. The van der Waals surface area contributed by atoms with Crippen molar-refractivity contribution < 1.29 is 9.59 Å². The van der Waals surface area contributed by atoms with Crippen LogP contribution in [-0.4, -0.2) is 29.3 Å². The lowest BCUT2D eigenvalue weighted by atomic mass is 10.2. The molecule has 0 aliphatic carbocycles. The number of amides is 2. The number of nitrogens with zero attached hydrogens (tertiary/aromatic N) is 1. The van der Waals surface area contributed by atoms with E-state index in [1.54, 1.807) is 0 Å². The number of imide groups is 1. The number of benzene rings is 1. The molecule has 1 atom stereocenters. The summed E-state index contributed by atoms with van der Waals surface area (Å²) in [6, 6.07) is 7.40. The lowest BCUT2D eigenvalue weighted by Gasteiger charge is -2.15. The molecule has 0 aromatic heterocycles. The van der Waals surface area contributed by atoms with Gasteiger partial charge in [0, 0.05) is 12.2 Å². The van der Waals surface area contributed by atoms with Crippen molar-refractivity contribution in [1.29, 1.82) is 0 Å². The lowest BCUT2D eigenvalue weighted by molar-refractivity contribution is -0.138. The zero-order chi connectivity index (χ0) is 13.1. The number of hydrogen-bond acceptors (Lipinski definition) is 3. The Kier molecular flexibility index (Phi) is 3.65. The maximum atomic E-state index is 12.0. The molecule has 96 valence electrons. The second-order valence-corrected chi connectivity index (χ2v) is 4.65. The van der Waals surface area contributed by atoms with E-state index in [4.69, 9.17) is 0 Å². The standard InChI is InChI=1S/C14H18N2O2/c1-3-8-16-13(17)9-12(14(16)18)15-11-6-4-10(2)5-7-11/h4-7,12,15H,3,8-9H2,1-2H3. The molecule has 1 aliphatic heterocycles. The van der Waals surface area contributed by atoms with Crippen molar-refractivity contribution >= 4 is 17.5 Å². The number of hydrogen-bond donors (Lipinski definition) is 1. The molecule has 1 aliphatic rings. The van der Waals surface area contributed by atoms with E-state index in [2.05, 4.69) is 5.32 Å². The highest BCUT2D eigenvalue weighted by Gasteiger charge is 2.37. The molecule has 1 fully saturated rings. The van der Waals surface area contributed by atoms with Crippen LogP contribution < -0.4 is 5.32 Å². The van der Waals surface area contributed by atoms with Crippen molar-refractivity contribution in [3.63, 3.8) is 0 Å². The Labute approximate surface area is 107 Å². The summed E-state index contributed by atoms with van der Waals surface area (Å²) in [5, 5.41) is 3.12. The predicted molar refractivity (Wildman–Crippen MR) is 70.2 cm³/mol. The molecular weight excluding hydrogens is 228 g/mol. The first-order valence-electron chi connectivity index (χ1n) is 6.29. The van der Waals surface area contributed by atoms with Gasteiger partial charge in [-0.25, -0.2) is 0 Å². The van der Waals surface area contributed by atoms with Crippen molar-refractivity contribution in [3.8, 4) is 0 Å². The van der Waals surface area contributed by atoms with Gasteiger partial charge in [-0.05, 0) is 25.5 Å². The first-order chi connectivity index (χ1) is 8.61. The van der Waals surface area contributed by atoms with Gasteiger partial charge >= 0.3 is 0 Å². The minimum atomic E-state index is -0.410. The molecule has 4 nitrogen and oxygen atoms in total. The summed E-state index contributed by atoms with van der Waals surface area (Å²) in [5.41, 5.74) is 2.05. The van der Waals surface area contributed by atoms with E-state index in [1.165, 1.54) is 10.5 Å². The molecule has 0 spiro atoms. The predicted octanol–water partition coefficient (Wildman–Crippen LogP) is 1.94. The largest absolute Gasteiger partial charge is 0.373 e. The van der Waals surface area contributed by atoms with Gasteiger partial charge in [-0.3, -0.25) is 14.5 Å². The molecule has 2 rings (SSSR count). The first-order valence-corrected chi connectivity index (χ1v) is 6.29. The fourth-order valence-corrected chi connectivity index (χ4v) is 2.11. The van der Waals surface area contributed by atoms with E-state index >= 15 is 0 Å². The summed E-state index contributed by atoms with van der Waals surface area (Å²) < 4.78 is 0. The zero-order valence-electron chi connectivity index (χ0n) is 10.8. The van der Waals surface area contributed by atoms with Gasteiger partial charge < -0.3 is 5.32 Å². The summed E-state index contributed by atoms with van der Waals surface area (Å²) in [6.45, 7) is 4.49. The Bertz CT molecular complexity index is 453. The van der Waals surface area contributed by atoms with E-state index < -0.39 is 6.04 Å². The van der Waals surface area contributed by atoms with E-state index in [-0.39, 0.29) is 18.2 Å². The number of carbonyl (C=O) groups is 2. The third-order valence-corrected chi connectivity index (χ3v) is 3.08. The Morgan fingerprint density at radius 2 is 1.94 bits per heavy atom. The van der Waals surface area contributed by atoms with E-state index in [9.17, 15) is 9.59 Å². The normalized spacial score (nSPS) is 19.4. The molecule has 1 aromatic rings. The highest BCUT2D eigenvalue weighted by Crippen LogP contribution is 2.18. The second-order valence-electron chi connectivity index (χ2n) is 4.65. The Morgan fingerprint density at radius 1 is 1.28 bits per heavy atom. The van der Waals surface area contributed by atoms with Crippen LogP contribution >= 0.6 is 0 Å². The molecule has 1 N–H and O–H groups in total. The number of likely N-dealkylation sites (tertiary alicyclic amines) is 1. The average Bonchev–Trinajstić information content (AvgIpc) is 2.60. The van der Waals surface area contributed by atoms with Crippen molar-refractivity contribution in [2.75, 3.05) is 11.9 Å². The summed E-state index contributed by atoms with van der Waals surface area (Å²) in [5.74, 6) is -0.186. The molecular formula is C14H18N2O2. The van der Waals surface area contributed by atoms with Crippen LogP contribution in [0, 0.1) is 6.92 Å². The number of aryl methyl sites for hydroxylation is 1. The quantitative estimate of drug-likeness (QED) is 0.826. The molecule has 1 aromatic carbocycles. The van der Waals surface area contributed by atoms with E-state index in [0.29, 0.717) is 6.54 Å². The maximum Gasteiger partial charge on any atom is 0.252 e. The van der Waals surface area contributed by atoms with Crippen LogP contribution in [0.4, 0.5) is 5.69 Å². The average molecular weight is 246 g/mol. The van der Waals surface area contributed by atoms with Crippen molar-refractivity contribution in [2.24, 2.45) is 0 Å². The summed E-state index contributed by atoms with van der Waals surface area (Å²) in [4.78, 5) is 25.1. The van der Waals surface area contributed by atoms with Gasteiger partial charge in [0.15, 0.2) is 0 Å². The van der Waals surface area contributed by atoms with Crippen LogP contribution in [0.5, 0.6) is 0 Å². The molecule has 2 amide bonds. The van der Waals surface area contributed by atoms with Crippen molar-refractivity contribution in [2.45, 2.75) is 32.7 Å². The first kappa shape index (κ1) is 12.6. The highest BCUT2D eigenvalue weighted by atomic mass is 16.2. The van der Waals surface area contributed by atoms with Gasteiger partial charge in [0.25, 0.3) is 5.91 Å². The highest BCUT2D eigenvalue weighted by molar-refractivity contribution is 6.06. The molecule has 0 bridgehead atoms. The summed E-state index contributed by atoms with van der Waals surface area (Å²) >= 11 is 0. The zero-order valence-corrected chi connectivity index (χ0v) is 10.8. The molecule has 0 saturated carbocycles. The van der Waals surface area contributed by atoms with Gasteiger partial charge in [0.05, 0.1) is 6.42 Å². The number of rotatable bonds is 4. The van der Waals surface area contributed by atoms with Gasteiger partial charge in [-0.15, -0.1) is 0 Å². The van der Waals surface area contributed by atoms with Gasteiger partial charge in [-0.2, -0.15) is 0 Å². The fourth-order valence-electron chi connectivity index (χ4n) is 2.11.